The minimum Gasteiger partial charge on any atom is -0.446 e. The molecule has 2 rings (SSSR count). The zero-order valence-electron chi connectivity index (χ0n) is 18.0. The van der Waals surface area contributed by atoms with Gasteiger partial charge in [0.15, 0.2) is 0 Å². The van der Waals surface area contributed by atoms with Gasteiger partial charge in [-0.15, -0.1) is 0 Å². The average Bonchev–Trinajstić information content (AvgIpc) is 2.63. The standard InChI is InChI=1S/C22H36N2O3/c1-8-22(9-2)16-19(26-20(25)23(6)7)15-21(4,5)24(22)27-17(3)18-13-11-10-12-14-18/h10-14,17,19H,8-9,15-16H2,1-7H3. The molecule has 0 radical (unpaired) electrons. The summed E-state index contributed by atoms with van der Waals surface area (Å²) in [6.07, 6.45) is 2.98. The molecule has 2 atom stereocenters. The minimum absolute atomic E-state index is 0.0381. The zero-order chi connectivity index (χ0) is 20.2. The number of hydrogen-bond donors (Lipinski definition) is 0. The van der Waals surface area contributed by atoms with E-state index in [0.29, 0.717) is 0 Å². The number of carbonyl (C=O) groups is 1. The number of piperidine rings is 1. The quantitative estimate of drug-likeness (QED) is 0.686. The van der Waals surface area contributed by atoms with E-state index in [-0.39, 0.29) is 29.4 Å². The van der Waals surface area contributed by atoms with Crippen molar-refractivity contribution >= 4 is 6.09 Å². The Balaban J connectivity index is 2.26. The molecule has 5 nitrogen and oxygen atoms in total. The number of rotatable bonds is 6. The normalized spacial score (nSPS) is 22.9. The summed E-state index contributed by atoms with van der Waals surface area (Å²) in [6, 6.07) is 10.3. The van der Waals surface area contributed by atoms with Crippen LogP contribution in [0.4, 0.5) is 4.79 Å². The van der Waals surface area contributed by atoms with Crippen molar-refractivity contribution in [3.63, 3.8) is 0 Å². The second-order valence-electron chi connectivity index (χ2n) is 8.51. The van der Waals surface area contributed by atoms with Crippen LogP contribution in [0.1, 0.15) is 72.0 Å². The Kier molecular flexibility index (Phi) is 6.92. The van der Waals surface area contributed by atoms with Crippen molar-refractivity contribution in [2.45, 2.75) is 83.6 Å². The molecule has 0 aliphatic carbocycles. The first-order valence-corrected chi connectivity index (χ1v) is 10.0. The maximum Gasteiger partial charge on any atom is 0.409 e. The monoisotopic (exact) mass is 376 g/mol. The van der Waals surface area contributed by atoms with Crippen LogP contribution in [0.25, 0.3) is 0 Å². The van der Waals surface area contributed by atoms with E-state index in [1.54, 1.807) is 14.1 Å². The lowest BCUT2D eigenvalue weighted by atomic mass is 9.75. The Morgan fingerprint density at radius 1 is 1.19 bits per heavy atom. The van der Waals surface area contributed by atoms with Gasteiger partial charge in [-0.05, 0) is 39.2 Å². The largest absolute Gasteiger partial charge is 0.446 e. The van der Waals surface area contributed by atoms with Crippen molar-refractivity contribution in [2.75, 3.05) is 14.1 Å². The van der Waals surface area contributed by atoms with Crippen LogP contribution in [0.3, 0.4) is 0 Å². The summed E-state index contributed by atoms with van der Waals surface area (Å²) in [5.74, 6) is 0. The molecule has 2 unspecified atom stereocenters. The van der Waals surface area contributed by atoms with E-state index in [2.05, 4.69) is 51.8 Å². The number of hydrogen-bond acceptors (Lipinski definition) is 4. The van der Waals surface area contributed by atoms with Crippen molar-refractivity contribution in [3.8, 4) is 0 Å². The molecule has 1 aromatic carbocycles. The number of carbonyl (C=O) groups excluding carboxylic acids is 1. The molecule has 0 N–H and O–H groups in total. The van der Waals surface area contributed by atoms with Gasteiger partial charge in [0.05, 0.1) is 0 Å². The fourth-order valence-corrected chi connectivity index (χ4v) is 4.22. The maximum atomic E-state index is 12.1. The molecule has 0 bridgehead atoms. The van der Waals surface area contributed by atoms with Gasteiger partial charge in [-0.3, -0.25) is 4.84 Å². The second-order valence-corrected chi connectivity index (χ2v) is 8.51. The molecule has 1 fully saturated rings. The van der Waals surface area contributed by atoms with Gasteiger partial charge in [-0.25, -0.2) is 4.79 Å². The maximum absolute atomic E-state index is 12.1. The fourth-order valence-electron chi connectivity index (χ4n) is 4.22. The van der Waals surface area contributed by atoms with E-state index in [0.717, 1.165) is 31.2 Å². The van der Waals surface area contributed by atoms with Crippen molar-refractivity contribution in [1.29, 1.82) is 0 Å². The first kappa shape index (κ1) is 21.7. The summed E-state index contributed by atoms with van der Waals surface area (Å²) in [4.78, 5) is 20.2. The number of ether oxygens (including phenoxy) is 1. The van der Waals surface area contributed by atoms with Crippen molar-refractivity contribution in [2.24, 2.45) is 0 Å². The summed E-state index contributed by atoms with van der Waals surface area (Å²) >= 11 is 0. The van der Waals surface area contributed by atoms with Gasteiger partial charge >= 0.3 is 6.09 Å². The summed E-state index contributed by atoms with van der Waals surface area (Å²) in [7, 11) is 3.44. The highest BCUT2D eigenvalue weighted by Gasteiger charge is 2.51. The van der Waals surface area contributed by atoms with Crippen LogP contribution < -0.4 is 0 Å². The van der Waals surface area contributed by atoms with Gasteiger partial charge in [0.2, 0.25) is 0 Å². The van der Waals surface area contributed by atoms with Crippen LogP contribution in [-0.2, 0) is 9.57 Å². The van der Waals surface area contributed by atoms with E-state index < -0.39 is 0 Å². The molecule has 27 heavy (non-hydrogen) atoms. The molecule has 1 heterocycles. The van der Waals surface area contributed by atoms with Gasteiger partial charge < -0.3 is 9.64 Å². The highest BCUT2D eigenvalue weighted by molar-refractivity contribution is 5.67. The molecule has 0 spiro atoms. The van der Waals surface area contributed by atoms with Gasteiger partial charge in [0, 0.05) is 38.0 Å². The third-order valence-corrected chi connectivity index (χ3v) is 5.80. The molecule has 0 aromatic heterocycles. The molecule has 0 saturated carbocycles. The fraction of sp³-hybridized carbons (Fsp3) is 0.682. The Labute approximate surface area is 164 Å². The van der Waals surface area contributed by atoms with Crippen LogP contribution in [0.2, 0.25) is 0 Å². The van der Waals surface area contributed by atoms with Gasteiger partial charge in [-0.1, -0.05) is 44.2 Å². The van der Waals surface area contributed by atoms with E-state index in [1.807, 2.05) is 18.2 Å². The molecule has 1 saturated heterocycles. The van der Waals surface area contributed by atoms with Crippen LogP contribution >= 0.6 is 0 Å². The van der Waals surface area contributed by atoms with E-state index in [9.17, 15) is 4.79 Å². The van der Waals surface area contributed by atoms with Gasteiger partial charge in [0.1, 0.15) is 12.2 Å². The molecule has 1 amide bonds. The number of amides is 1. The molecule has 1 aliphatic heterocycles. The summed E-state index contributed by atoms with van der Waals surface area (Å²) < 4.78 is 5.79. The number of hydroxylamine groups is 2. The van der Waals surface area contributed by atoms with Crippen LogP contribution in [0, 0.1) is 0 Å². The highest BCUT2D eigenvalue weighted by atomic mass is 16.7. The first-order chi connectivity index (χ1) is 12.6. The Morgan fingerprint density at radius 3 is 2.30 bits per heavy atom. The van der Waals surface area contributed by atoms with E-state index in [4.69, 9.17) is 9.57 Å². The SMILES string of the molecule is CCC1(CC)CC(OC(=O)N(C)C)CC(C)(C)N1OC(C)c1ccccc1. The van der Waals surface area contributed by atoms with Crippen molar-refractivity contribution in [3.05, 3.63) is 35.9 Å². The predicted octanol–water partition coefficient (Wildman–Crippen LogP) is 5.18. The van der Waals surface area contributed by atoms with Crippen LogP contribution in [0.15, 0.2) is 30.3 Å². The smallest absolute Gasteiger partial charge is 0.409 e. The molecule has 1 aliphatic rings. The molecular formula is C22H36N2O3. The Hall–Kier alpha value is -1.59. The lowest BCUT2D eigenvalue weighted by Gasteiger charge is -2.56. The van der Waals surface area contributed by atoms with Crippen LogP contribution in [0.5, 0.6) is 0 Å². The van der Waals surface area contributed by atoms with Crippen LogP contribution in [-0.4, -0.2) is 47.3 Å². The lowest BCUT2D eigenvalue weighted by molar-refractivity contribution is -0.322. The van der Waals surface area contributed by atoms with E-state index >= 15 is 0 Å². The summed E-state index contributed by atoms with van der Waals surface area (Å²) in [5, 5.41) is 2.21. The highest BCUT2D eigenvalue weighted by Crippen LogP contribution is 2.45. The Morgan fingerprint density at radius 2 is 1.78 bits per heavy atom. The lowest BCUT2D eigenvalue weighted by Crippen LogP contribution is -2.64. The van der Waals surface area contributed by atoms with Gasteiger partial charge in [0.25, 0.3) is 0 Å². The third kappa shape index (κ3) is 4.82. The third-order valence-electron chi connectivity index (χ3n) is 5.80. The molecule has 152 valence electrons. The van der Waals surface area contributed by atoms with Gasteiger partial charge in [-0.2, -0.15) is 5.06 Å². The second kappa shape index (κ2) is 8.61. The molecule has 1 aromatic rings. The molecular weight excluding hydrogens is 340 g/mol. The summed E-state index contributed by atoms with van der Waals surface area (Å²) in [5.41, 5.74) is 0.752. The van der Waals surface area contributed by atoms with Crippen molar-refractivity contribution in [1.82, 2.24) is 9.96 Å². The molecule has 5 heteroatoms. The predicted molar refractivity (Wildman–Crippen MR) is 108 cm³/mol. The number of nitrogens with zero attached hydrogens (tertiary/aromatic N) is 2. The first-order valence-electron chi connectivity index (χ1n) is 10.0. The minimum atomic E-state index is -0.274. The topological polar surface area (TPSA) is 42.0 Å². The summed E-state index contributed by atoms with van der Waals surface area (Å²) in [6.45, 7) is 10.8. The van der Waals surface area contributed by atoms with Crippen molar-refractivity contribution < 1.29 is 14.4 Å². The average molecular weight is 377 g/mol. The number of benzene rings is 1. The Bertz CT molecular complexity index is 611. The zero-order valence-corrected chi connectivity index (χ0v) is 18.0. The van der Waals surface area contributed by atoms with E-state index in [1.165, 1.54) is 4.90 Å².